The molecule has 25 heavy (non-hydrogen) atoms. The third kappa shape index (κ3) is 5.75. The van der Waals surface area contributed by atoms with Crippen LogP contribution in [0.1, 0.15) is 50.4 Å². The van der Waals surface area contributed by atoms with E-state index in [4.69, 9.17) is 0 Å². The van der Waals surface area contributed by atoms with Crippen LogP contribution in [0.3, 0.4) is 0 Å². The van der Waals surface area contributed by atoms with Crippen LogP contribution >= 0.6 is 0 Å². The van der Waals surface area contributed by atoms with Crippen LogP contribution in [0, 0.1) is 5.92 Å². The van der Waals surface area contributed by atoms with E-state index in [9.17, 15) is 9.59 Å². The van der Waals surface area contributed by atoms with Crippen LogP contribution < -0.4 is 10.6 Å². The van der Waals surface area contributed by atoms with E-state index in [0.29, 0.717) is 0 Å². The molecule has 0 aliphatic heterocycles. The molecule has 2 aromatic carbocycles. The molecular formula is C21H26N2O2. The van der Waals surface area contributed by atoms with Crippen molar-refractivity contribution in [3.05, 3.63) is 71.8 Å². The Kier molecular flexibility index (Phi) is 6.75. The molecule has 2 N–H and O–H groups in total. The van der Waals surface area contributed by atoms with Crippen LogP contribution in [0.4, 0.5) is 0 Å². The van der Waals surface area contributed by atoms with Crippen LogP contribution in [0.15, 0.2) is 60.7 Å². The average molecular weight is 338 g/mol. The standard InChI is InChI=1S/C21H26N2O2/c1-15(21(25)23-17(3)19-12-8-5-9-13-19)14-20(24)22-16(2)18-10-6-4-7-11-18/h4-13,15-17H,14H2,1-3H3,(H,22,24)(H,23,25)/t15-,16+,17-/m0/s1. The molecule has 0 saturated carbocycles. The molecule has 0 aromatic heterocycles. The summed E-state index contributed by atoms with van der Waals surface area (Å²) in [7, 11) is 0. The van der Waals surface area contributed by atoms with E-state index in [1.807, 2.05) is 74.5 Å². The van der Waals surface area contributed by atoms with Crippen molar-refractivity contribution in [2.24, 2.45) is 5.92 Å². The SMILES string of the molecule is C[C@H](NC(=O)[C@@H](C)CC(=O)N[C@H](C)c1ccccc1)c1ccccc1. The van der Waals surface area contributed by atoms with E-state index < -0.39 is 0 Å². The molecule has 2 amide bonds. The van der Waals surface area contributed by atoms with Gasteiger partial charge in [-0.15, -0.1) is 0 Å². The summed E-state index contributed by atoms with van der Waals surface area (Å²) in [6, 6.07) is 19.4. The largest absolute Gasteiger partial charge is 0.350 e. The Bertz CT molecular complexity index is 686. The molecule has 0 radical (unpaired) electrons. The van der Waals surface area contributed by atoms with E-state index in [-0.39, 0.29) is 36.2 Å². The van der Waals surface area contributed by atoms with Crippen molar-refractivity contribution in [1.29, 1.82) is 0 Å². The molecule has 0 spiro atoms. The Balaban J connectivity index is 1.83. The van der Waals surface area contributed by atoms with E-state index in [0.717, 1.165) is 11.1 Å². The number of benzene rings is 2. The Labute approximate surface area is 149 Å². The lowest BCUT2D eigenvalue weighted by Gasteiger charge is -2.19. The minimum absolute atomic E-state index is 0.0767. The van der Waals surface area contributed by atoms with E-state index >= 15 is 0 Å². The molecule has 0 heterocycles. The lowest BCUT2D eigenvalue weighted by atomic mass is 10.0. The summed E-state index contributed by atoms with van der Waals surface area (Å²) in [5.41, 5.74) is 2.09. The summed E-state index contributed by atoms with van der Waals surface area (Å²) >= 11 is 0. The predicted molar refractivity (Wildman–Crippen MR) is 99.8 cm³/mol. The third-order valence-electron chi connectivity index (χ3n) is 4.27. The number of hydrogen-bond acceptors (Lipinski definition) is 2. The second-order valence-corrected chi connectivity index (χ2v) is 6.45. The molecule has 0 aliphatic rings. The average Bonchev–Trinajstić information content (AvgIpc) is 2.62. The van der Waals surface area contributed by atoms with Gasteiger partial charge in [-0.3, -0.25) is 9.59 Å². The predicted octanol–water partition coefficient (Wildman–Crippen LogP) is 3.77. The highest BCUT2D eigenvalue weighted by Gasteiger charge is 2.20. The molecule has 2 aromatic rings. The molecule has 132 valence electrons. The molecule has 0 fully saturated rings. The van der Waals surface area contributed by atoms with Crippen LogP contribution in [0.5, 0.6) is 0 Å². The molecule has 4 heteroatoms. The van der Waals surface area contributed by atoms with Gasteiger partial charge in [-0.25, -0.2) is 0 Å². The zero-order valence-electron chi connectivity index (χ0n) is 15.0. The molecule has 0 bridgehead atoms. The van der Waals surface area contributed by atoms with E-state index in [1.54, 1.807) is 6.92 Å². The van der Waals surface area contributed by atoms with Gasteiger partial charge in [0.2, 0.25) is 11.8 Å². The van der Waals surface area contributed by atoms with Crippen molar-refractivity contribution in [1.82, 2.24) is 10.6 Å². The highest BCUT2D eigenvalue weighted by Crippen LogP contribution is 2.15. The van der Waals surface area contributed by atoms with Crippen LogP contribution in [-0.2, 0) is 9.59 Å². The second-order valence-electron chi connectivity index (χ2n) is 6.45. The third-order valence-corrected chi connectivity index (χ3v) is 4.27. The van der Waals surface area contributed by atoms with Crippen molar-refractivity contribution >= 4 is 11.8 Å². The van der Waals surface area contributed by atoms with Crippen molar-refractivity contribution in [2.75, 3.05) is 0 Å². The number of rotatable bonds is 7. The highest BCUT2D eigenvalue weighted by atomic mass is 16.2. The van der Waals surface area contributed by atoms with Crippen molar-refractivity contribution in [3.63, 3.8) is 0 Å². The zero-order valence-corrected chi connectivity index (χ0v) is 15.0. The van der Waals surface area contributed by atoms with Gasteiger partial charge in [-0.1, -0.05) is 67.6 Å². The number of carbonyl (C=O) groups is 2. The van der Waals surface area contributed by atoms with Gasteiger partial charge in [-0.05, 0) is 25.0 Å². The molecule has 0 saturated heterocycles. The van der Waals surface area contributed by atoms with E-state index in [2.05, 4.69) is 10.6 Å². The normalized spacial score (nSPS) is 14.2. The first-order valence-corrected chi connectivity index (χ1v) is 8.67. The highest BCUT2D eigenvalue weighted by molar-refractivity contribution is 5.85. The summed E-state index contributed by atoms with van der Waals surface area (Å²) in [5, 5.41) is 5.92. The minimum atomic E-state index is -0.380. The number of hydrogen-bond donors (Lipinski definition) is 2. The summed E-state index contributed by atoms with van der Waals surface area (Å²) in [6.07, 6.45) is 0.171. The van der Waals surface area contributed by atoms with Crippen molar-refractivity contribution in [2.45, 2.75) is 39.3 Å². The Hall–Kier alpha value is -2.62. The van der Waals surface area contributed by atoms with Gasteiger partial charge in [0, 0.05) is 12.3 Å². The lowest BCUT2D eigenvalue weighted by Crippen LogP contribution is -2.35. The van der Waals surface area contributed by atoms with Gasteiger partial charge in [-0.2, -0.15) is 0 Å². The molecule has 0 unspecified atom stereocenters. The maximum Gasteiger partial charge on any atom is 0.223 e. The maximum atomic E-state index is 12.3. The molecule has 3 atom stereocenters. The van der Waals surface area contributed by atoms with Crippen LogP contribution in [0.25, 0.3) is 0 Å². The first-order valence-electron chi connectivity index (χ1n) is 8.67. The minimum Gasteiger partial charge on any atom is -0.350 e. The van der Waals surface area contributed by atoms with Gasteiger partial charge in [0.05, 0.1) is 12.1 Å². The number of nitrogens with one attached hydrogen (secondary N) is 2. The fourth-order valence-electron chi connectivity index (χ4n) is 2.68. The molecule has 0 aliphatic carbocycles. The van der Waals surface area contributed by atoms with Crippen molar-refractivity contribution < 1.29 is 9.59 Å². The fraction of sp³-hybridized carbons (Fsp3) is 0.333. The summed E-state index contributed by atoms with van der Waals surface area (Å²) in [6.45, 7) is 5.66. The van der Waals surface area contributed by atoms with Gasteiger partial charge in [0.25, 0.3) is 0 Å². The number of amides is 2. The maximum absolute atomic E-state index is 12.3. The topological polar surface area (TPSA) is 58.2 Å². The van der Waals surface area contributed by atoms with Gasteiger partial charge in [0.1, 0.15) is 0 Å². The van der Waals surface area contributed by atoms with Gasteiger partial charge in [0.15, 0.2) is 0 Å². The Morgan fingerprint density at radius 3 is 1.68 bits per heavy atom. The van der Waals surface area contributed by atoms with E-state index in [1.165, 1.54) is 0 Å². The van der Waals surface area contributed by atoms with Crippen LogP contribution in [0.2, 0.25) is 0 Å². The first-order chi connectivity index (χ1) is 12.0. The molecule has 4 nitrogen and oxygen atoms in total. The van der Waals surface area contributed by atoms with Crippen molar-refractivity contribution in [3.8, 4) is 0 Å². The first kappa shape index (κ1) is 18.7. The summed E-state index contributed by atoms with van der Waals surface area (Å²) < 4.78 is 0. The van der Waals surface area contributed by atoms with Gasteiger partial charge >= 0.3 is 0 Å². The lowest BCUT2D eigenvalue weighted by molar-refractivity contribution is -0.130. The van der Waals surface area contributed by atoms with Gasteiger partial charge < -0.3 is 10.6 Å². The zero-order chi connectivity index (χ0) is 18.2. The Morgan fingerprint density at radius 1 is 0.760 bits per heavy atom. The summed E-state index contributed by atoms with van der Waals surface area (Å²) in [4.78, 5) is 24.5. The van der Waals surface area contributed by atoms with Crippen LogP contribution in [-0.4, -0.2) is 11.8 Å². The summed E-state index contributed by atoms with van der Waals surface area (Å²) in [5.74, 6) is -0.612. The molecular weight excluding hydrogens is 312 g/mol. The smallest absolute Gasteiger partial charge is 0.223 e. The number of carbonyl (C=O) groups excluding carboxylic acids is 2. The second kappa shape index (κ2) is 9.02. The Morgan fingerprint density at radius 2 is 1.20 bits per heavy atom. The fourth-order valence-corrected chi connectivity index (χ4v) is 2.68. The quantitative estimate of drug-likeness (QED) is 0.807. The monoisotopic (exact) mass is 338 g/mol. The molecule has 2 rings (SSSR count).